The number of sulfonamides is 1. The van der Waals surface area contributed by atoms with Crippen molar-refractivity contribution in [3.63, 3.8) is 0 Å². The molecular weight excluding hydrogens is 633 g/mol. The Bertz CT molecular complexity index is 1500. The highest BCUT2D eigenvalue weighted by Crippen LogP contribution is 2.28. The highest BCUT2D eigenvalue weighted by Gasteiger charge is 2.34. The van der Waals surface area contributed by atoms with Gasteiger partial charge in [0.15, 0.2) is 0 Å². The molecule has 0 heterocycles. The number of halogens is 3. The molecule has 0 fully saturated rings. The summed E-state index contributed by atoms with van der Waals surface area (Å²) >= 11 is 18.6. The predicted molar refractivity (Wildman–Crippen MR) is 173 cm³/mol. The maximum Gasteiger partial charge on any atom is 0.264 e. The molecule has 3 aromatic rings. The topological polar surface area (TPSA) is 96.0 Å². The number of nitrogens with zero attached hydrogens (tertiary/aromatic N) is 2. The van der Waals surface area contributed by atoms with Crippen LogP contribution in [-0.2, 0) is 26.2 Å². The van der Waals surface area contributed by atoms with Crippen molar-refractivity contribution in [2.24, 2.45) is 5.92 Å². The fraction of sp³-hybridized carbons (Fsp3) is 0.355. The van der Waals surface area contributed by atoms with E-state index in [4.69, 9.17) is 39.5 Å². The van der Waals surface area contributed by atoms with Gasteiger partial charge in [0.25, 0.3) is 10.0 Å². The second-order valence-corrected chi connectivity index (χ2v) is 13.4. The van der Waals surface area contributed by atoms with E-state index in [1.165, 1.54) is 29.2 Å². The van der Waals surface area contributed by atoms with Crippen molar-refractivity contribution in [3.8, 4) is 5.75 Å². The lowest BCUT2D eigenvalue weighted by Crippen LogP contribution is -2.52. The second kappa shape index (κ2) is 15.7. The predicted octanol–water partition coefficient (Wildman–Crippen LogP) is 6.82. The van der Waals surface area contributed by atoms with E-state index in [9.17, 15) is 18.0 Å². The minimum atomic E-state index is -4.24. The van der Waals surface area contributed by atoms with Crippen molar-refractivity contribution in [1.82, 2.24) is 10.2 Å². The first-order chi connectivity index (χ1) is 20.4. The van der Waals surface area contributed by atoms with E-state index in [0.717, 1.165) is 4.31 Å². The van der Waals surface area contributed by atoms with E-state index in [2.05, 4.69) is 5.32 Å². The Morgan fingerprint density at radius 2 is 1.53 bits per heavy atom. The third-order valence-electron chi connectivity index (χ3n) is 6.54. The first kappa shape index (κ1) is 34.5. The number of carbonyl (C=O) groups is 2. The van der Waals surface area contributed by atoms with E-state index < -0.39 is 28.5 Å². The molecule has 0 aliphatic heterocycles. The molecule has 43 heavy (non-hydrogen) atoms. The smallest absolute Gasteiger partial charge is 0.264 e. The lowest BCUT2D eigenvalue weighted by atomic mass is 10.1. The van der Waals surface area contributed by atoms with Crippen molar-refractivity contribution >= 4 is 62.3 Å². The number of hydrogen-bond acceptors (Lipinski definition) is 5. The van der Waals surface area contributed by atoms with Crippen molar-refractivity contribution in [2.75, 3.05) is 24.0 Å². The van der Waals surface area contributed by atoms with Gasteiger partial charge in [0.2, 0.25) is 11.8 Å². The van der Waals surface area contributed by atoms with E-state index in [0.29, 0.717) is 39.5 Å². The SMILES string of the molecule is CCOc1ccc(N(CC(=O)N(Cc2ccc(Cl)cc2Cl)[C@H](CC)C(=O)NCC(C)C)S(=O)(=O)c2ccc(Cl)cc2)cc1. The minimum Gasteiger partial charge on any atom is -0.494 e. The molecule has 0 radical (unpaired) electrons. The van der Waals surface area contributed by atoms with Crippen molar-refractivity contribution in [3.05, 3.63) is 87.4 Å². The van der Waals surface area contributed by atoms with Gasteiger partial charge in [-0.1, -0.05) is 61.6 Å². The molecule has 0 aromatic heterocycles. The Kier molecular flexibility index (Phi) is 12.6. The van der Waals surface area contributed by atoms with Crippen LogP contribution in [0, 0.1) is 5.92 Å². The third-order valence-corrected chi connectivity index (χ3v) is 9.17. The molecular formula is C31H36Cl3N3O5S. The fourth-order valence-corrected chi connectivity index (χ4v) is 6.32. The van der Waals surface area contributed by atoms with Crippen LogP contribution in [0.25, 0.3) is 0 Å². The average molecular weight is 669 g/mol. The van der Waals surface area contributed by atoms with Gasteiger partial charge in [-0.25, -0.2) is 8.42 Å². The zero-order valence-corrected chi connectivity index (χ0v) is 27.6. The van der Waals surface area contributed by atoms with Crippen molar-refractivity contribution in [1.29, 1.82) is 0 Å². The molecule has 3 aromatic carbocycles. The quantitative estimate of drug-likeness (QED) is 0.203. The molecule has 1 atom stereocenters. The first-order valence-corrected chi connectivity index (χ1v) is 16.5. The number of benzene rings is 3. The molecule has 0 unspecified atom stereocenters. The normalized spacial score (nSPS) is 12.1. The number of ether oxygens (including phenoxy) is 1. The first-order valence-electron chi connectivity index (χ1n) is 13.9. The summed E-state index contributed by atoms with van der Waals surface area (Å²) < 4.78 is 34.5. The van der Waals surface area contributed by atoms with Gasteiger partial charge in [0.05, 0.1) is 17.2 Å². The molecule has 8 nitrogen and oxygen atoms in total. The van der Waals surface area contributed by atoms with Crippen LogP contribution in [0.4, 0.5) is 5.69 Å². The Morgan fingerprint density at radius 1 is 0.907 bits per heavy atom. The van der Waals surface area contributed by atoms with Crippen LogP contribution < -0.4 is 14.4 Å². The standard InChI is InChI=1S/C31H36Cl3N3O5S/c1-5-29(31(39)35-18-21(3)4)36(19-22-7-8-24(33)17-28(22)34)30(38)20-37(25-11-13-26(14-12-25)42-6-2)43(40,41)27-15-9-23(32)10-16-27/h7-17,21,29H,5-6,18-20H2,1-4H3,(H,35,39)/t29-/m1/s1. The zero-order chi connectivity index (χ0) is 31.7. The lowest BCUT2D eigenvalue weighted by molar-refractivity contribution is -0.140. The van der Waals surface area contributed by atoms with Gasteiger partial charge in [-0.2, -0.15) is 0 Å². The summed E-state index contributed by atoms with van der Waals surface area (Å²) in [7, 11) is -4.24. The van der Waals surface area contributed by atoms with Gasteiger partial charge in [-0.3, -0.25) is 13.9 Å². The van der Waals surface area contributed by atoms with Gasteiger partial charge in [0, 0.05) is 28.2 Å². The maximum atomic E-state index is 14.2. The molecule has 1 N–H and O–H groups in total. The highest BCUT2D eigenvalue weighted by molar-refractivity contribution is 7.92. The summed E-state index contributed by atoms with van der Waals surface area (Å²) in [5.41, 5.74) is 0.802. The minimum absolute atomic E-state index is 0.0411. The van der Waals surface area contributed by atoms with Crippen LogP contribution in [0.5, 0.6) is 5.75 Å². The summed E-state index contributed by atoms with van der Waals surface area (Å²) in [6, 6.07) is 16.1. The largest absolute Gasteiger partial charge is 0.494 e. The van der Waals surface area contributed by atoms with Gasteiger partial charge in [-0.15, -0.1) is 0 Å². The number of anilines is 1. The molecule has 0 bridgehead atoms. The molecule has 0 aliphatic rings. The maximum absolute atomic E-state index is 14.2. The highest BCUT2D eigenvalue weighted by atomic mass is 35.5. The van der Waals surface area contributed by atoms with Crippen LogP contribution in [-0.4, -0.2) is 50.9 Å². The van der Waals surface area contributed by atoms with Crippen LogP contribution >= 0.6 is 34.8 Å². The monoisotopic (exact) mass is 667 g/mol. The Hall–Kier alpha value is -2.98. The molecule has 0 spiro atoms. The number of carbonyl (C=O) groups excluding carboxylic acids is 2. The summed E-state index contributed by atoms with van der Waals surface area (Å²) in [5, 5.41) is 4.00. The number of rotatable bonds is 14. The second-order valence-electron chi connectivity index (χ2n) is 10.2. The number of amides is 2. The van der Waals surface area contributed by atoms with Crippen LogP contribution in [0.15, 0.2) is 71.6 Å². The molecule has 12 heteroatoms. The number of hydrogen-bond donors (Lipinski definition) is 1. The van der Waals surface area contributed by atoms with Crippen LogP contribution in [0.2, 0.25) is 15.1 Å². The Morgan fingerprint density at radius 3 is 2.09 bits per heavy atom. The van der Waals surface area contributed by atoms with Crippen molar-refractivity contribution < 1.29 is 22.7 Å². The van der Waals surface area contributed by atoms with Gasteiger partial charge < -0.3 is 15.0 Å². The third kappa shape index (κ3) is 9.25. The zero-order valence-electron chi connectivity index (χ0n) is 24.5. The summed E-state index contributed by atoms with van der Waals surface area (Å²) in [6.07, 6.45) is 0.286. The molecule has 0 aliphatic carbocycles. The molecule has 0 saturated carbocycles. The van der Waals surface area contributed by atoms with Crippen LogP contribution in [0.3, 0.4) is 0 Å². The summed E-state index contributed by atoms with van der Waals surface area (Å²) in [4.78, 5) is 28.8. The van der Waals surface area contributed by atoms with Crippen molar-refractivity contribution in [2.45, 2.75) is 51.6 Å². The lowest BCUT2D eigenvalue weighted by Gasteiger charge is -2.33. The van der Waals surface area contributed by atoms with E-state index in [1.807, 2.05) is 20.8 Å². The van der Waals surface area contributed by atoms with Gasteiger partial charge in [0.1, 0.15) is 18.3 Å². The van der Waals surface area contributed by atoms with Gasteiger partial charge >= 0.3 is 0 Å². The van der Waals surface area contributed by atoms with Gasteiger partial charge in [-0.05, 0) is 85.5 Å². The summed E-state index contributed by atoms with van der Waals surface area (Å²) in [5.74, 6) is -0.198. The van der Waals surface area contributed by atoms with E-state index >= 15 is 0 Å². The van der Waals surface area contributed by atoms with E-state index in [-0.39, 0.29) is 35.4 Å². The van der Waals surface area contributed by atoms with Crippen LogP contribution in [0.1, 0.15) is 39.7 Å². The molecule has 2 amide bonds. The molecule has 0 saturated heterocycles. The molecule has 232 valence electrons. The molecule has 3 rings (SSSR count). The Labute approximate surface area is 268 Å². The summed E-state index contributed by atoms with van der Waals surface area (Å²) in [6.45, 7) is 7.79. The fourth-order valence-electron chi connectivity index (χ4n) is 4.31. The Balaban J connectivity index is 2.07. The van der Waals surface area contributed by atoms with E-state index in [1.54, 1.807) is 49.4 Å². The average Bonchev–Trinajstić information content (AvgIpc) is 2.96. The number of nitrogens with one attached hydrogen (secondary N) is 1.